The van der Waals surface area contributed by atoms with E-state index in [1.54, 1.807) is 23.7 Å². The Morgan fingerprint density at radius 3 is 2.76 bits per heavy atom. The Hall–Kier alpha value is -2.21. The molecule has 0 fully saturated rings. The molecule has 0 saturated heterocycles. The maximum atomic E-state index is 5.83. The fraction of sp³-hybridized carbons (Fsp3) is 0. The molecule has 0 radical (unpaired) electrons. The molecule has 2 N–H and O–H groups in total. The molecule has 0 amide bonds. The standard InChI is InChI=1S/C11H8N4OS/c12-11-9(8-2-1-3-17-8)10(16-15-11)7-4-13-6-14-5-7/h1-6H,(H2,12,15). The third kappa shape index (κ3) is 1.68. The molecule has 0 spiro atoms. The Labute approximate surface area is 101 Å². The summed E-state index contributed by atoms with van der Waals surface area (Å²) in [4.78, 5) is 8.93. The van der Waals surface area contributed by atoms with Gasteiger partial charge >= 0.3 is 0 Å². The van der Waals surface area contributed by atoms with Crippen LogP contribution in [-0.2, 0) is 0 Å². The van der Waals surface area contributed by atoms with Crippen molar-refractivity contribution in [3.05, 3.63) is 36.2 Å². The second kappa shape index (κ2) is 3.99. The van der Waals surface area contributed by atoms with E-state index in [1.807, 2.05) is 17.5 Å². The van der Waals surface area contributed by atoms with E-state index in [0.717, 1.165) is 16.0 Å². The van der Waals surface area contributed by atoms with E-state index in [2.05, 4.69) is 15.1 Å². The van der Waals surface area contributed by atoms with Gasteiger partial charge in [-0.2, -0.15) is 0 Å². The fourth-order valence-electron chi connectivity index (χ4n) is 1.57. The van der Waals surface area contributed by atoms with E-state index in [4.69, 9.17) is 10.3 Å². The number of nitrogen functional groups attached to an aromatic ring is 1. The molecule has 3 rings (SSSR count). The SMILES string of the molecule is Nc1noc(-c2cncnc2)c1-c1cccs1. The Kier molecular flexibility index (Phi) is 2.34. The van der Waals surface area contributed by atoms with Gasteiger partial charge in [-0.3, -0.25) is 0 Å². The molecule has 84 valence electrons. The largest absolute Gasteiger partial charge is 0.380 e. The first-order valence-corrected chi connectivity index (χ1v) is 5.78. The third-order valence-electron chi connectivity index (χ3n) is 2.31. The van der Waals surface area contributed by atoms with Crippen molar-refractivity contribution in [1.29, 1.82) is 0 Å². The summed E-state index contributed by atoms with van der Waals surface area (Å²) < 4.78 is 5.26. The first-order chi connectivity index (χ1) is 8.36. The molecule has 5 nitrogen and oxygen atoms in total. The molecule has 0 saturated carbocycles. The summed E-state index contributed by atoms with van der Waals surface area (Å²) in [5.74, 6) is 0.983. The van der Waals surface area contributed by atoms with Crippen molar-refractivity contribution >= 4 is 17.2 Å². The first kappa shape index (κ1) is 9.98. The lowest BCUT2D eigenvalue weighted by molar-refractivity contribution is 0.436. The zero-order valence-corrected chi connectivity index (χ0v) is 9.52. The van der Waals surface area contributed by atoms with E-state index >= 15 is 0 Å². The summed E-state index contributed by atoms with van der Waals surface area (Å²) in [7, 11) is 0. The lowest BCUT2D eigenvalue weighted by Crippen LogP contribution is -1.87. The lowest BCUT2D eigenvalue weighted by atomic mass is 10.1. The van der Waals surface area contributed by atoms with Crippen LogP contribution >= 0.6 is 11.3 Å². The number of hydrogen-bond acceptors (Lipinski definition) is 6. The number of thiophene rings is 1. The van der Waals surface area contributed by atoms with Gasteiger partial charge in [0.1, 0.15) is 6.33 Å². The van der Waals surface area contributed by atoms with Crippen LogP contribution in [0.2, 0.25) is 0 Å². The zero-order chi connectivity index (χ0) is 11.7. The minimum Gasteiger partial charge on any atom is -0.380 e. The monoisotopic (exact) mass is 244 g/mol. The number of hydrogen-bond donors (Lipinski definition) is 1. The Balaban J connectivity index is 2.20. The van der Waals surface area contributed by atoms with Crippen LogP contribution in [0.15, 0.2) is 40.8 Å². The van der Waals surface area contributed by atoms with Crippen LogP contribution in [0.25, 0.3) is 21.8 Å². The summed E-state index contributed by atoms with van der Waals surface area (Å²) in [6.45, 7) is 0. The molecule has 0 bridgehead atoms. The van der Waals surface area contributed by atoms with Crippen molar-refractivity contribution in [1.82, 2.24) is 15.1 Å². The quantitative estimate of drug-likeness (QED) is 0.749. The van der Waals surface area contributed by atoms with Gasteiger partial charge in [-0.05, 0) is 11.4 Å². The summed E-state index contributed by atoms with van der Waals surface area (Å²) in [5.41, 5.74) is 7.40. The van der Waals surface area contributed by atoms with Gasteiger partial charge in [0, 0.05) is 17.3 Å². The average molecular weight is 244 g/mol. The van der Waals surface area contributed by atoms with Gasteiger partial charge in [-0.1, -0.05) is 11.2 Å². The van der Waals surface area contributed by atoms with E-state index < -0.39 is 0 Å². The Morgan fingerprint density at radius 1 is 1.24 bits per heavy atom. The highest BCUT2D eigenvalue weighted by atomic mass is 32.1. The topological polar surface area (TPSA) is 77.8 Å². The third-order valence-corrected chi connectivity index (χ3v) is 3.20. The second-order valence-corrected chi connectivity index (χ2v) is 4.32. The van der Waals surface area contributed by atoms with Gasteiger partial charge in [0.2, 0.25) is 0 Å². The van der Waals surface area contributed by atoms with Crippen molar-refractivity contribution < 1.29 is 4.52 Å². The maximum Gasteiger partial charge on any atom is 0.180 e. The van der Waals surface area contributed by atoms with Crippen molar-refractivity contribution in [2.75, 3.05) is 5.73 Å². The lowest BCUT2D eigenvalue weighted by Gasteiger charge is -1.98. The van der Waals surface area contributed by atoms with Gasteiger partial charge < -0.3 is 10.3 Å². The molecule has 6 heteroatoms. The van der Waals surface area contributed by atoms with Crippen molar-refractivity contribution in [2.24, 2.45) is 0 Å². The van der Waals surface area contributed by atoms with Crippen LogP contribution in [0.1, 0.15) is 0 Å². The zero-order valence-electron chi connectivity index (χ0n) is 8.70. The van der Waals surface area contributed by atoms with Gasteiger partial charge in [-0.15, -0.1) is 11.3 Å². The van der Waals surface area contributed by atoms with Gasteiger partial charge in [0.05, 0.1) is 11.1 Å². The average Bonchev–Trinajstić information content (AvgIpc) is 2.99. The predicted octanol–water partition coefficient (Wildman–Crippen LogP) is 2.44. The molecular weight excluding hydrogens is 236 g/mol. The van der Waals surface area contributed by atoms with Crippen LogP contribution in [0.4, 0.5) is 5.82 Å². The normalized spacial score (nSPS) is 10.6. The van der Waals surface area contributed by atoms with Crippen LogP contribution < -0.4 is 5.73 Å². The van der Waals surface area contributed by atoms with E-state index in [9.17, 15) is 0 Å². The predicted molar refractivity (Wildman–Crippen MR) is 65.3 cm³/mol. The summed E-state index contributed by atoms with van der Waals surface area (Å²) in [5, 5.41) is 5.78. The van der Waals surface area contributed by atoms with Crippen molar-refractivity contribution in [3.63, 3.8) is 0 Å². The summed E-state index contributed by atoms with van der Waals surface area (Å²) in [6.07, 6.45) is 4.81. The number of aromatic nitrogens is 3. The Bertz CT molecular complexity index is 618. The van der Waals surface area contributed by atoms with Crippen molar-refractivity contribution in [3.8, 4) is 21.8 Å². The number of nitrogens with two attached hydrogens (primary N) is 1. The fourth-order valence-corrected chi connectivity index (χ4v) is 2.35. The molecule has 0 atom stereocenters. The minimum absolute atomic E-state index is 0.381. The number of nitrogens with zero attached hydrogens (tertiary/aromatic N) is 3. The van der Waals surface area contributed by atoms with Crippen LogP contribution in [-0.4, -0.2) is 15.1 Å². The van der Waals surface area contributed by atoms with Crippen LogP contribution in [0, 0.1) is 0 Å². The molecule has 17 heavy (non-hydrogen) atoms. The smallest absolute Gasteiger partial charge is 0.180 e. The summed E-state index contributed by atoms with van der Waals surface area (Å²) in [6, 6.07) is 3.93. The van der Waals surface area contributed by atoms with Crippen LogP contribution in [0.5, 0.6) is 0 Å². The van der Waals surface area contributed by atoms with Gasteiger partial charge in [-0.25, -0.2) is 9.97 Å². The minimum atomic E-state index is 0.381. The van der Waals surface area contributed by atoms with Gasteiger partial charge in [0.15, 0.2) is 11.6 Å². The molecule has 3 aromatic rings. The molecule has 3 heterocycles. The highest BCUT2D eigenvalue weighted by molar-refractivity contribution is 7.13. The highest BCUT2D eigenvalue weighted by Gasteiger charge is 2.18. The maximum absolute atomic E-state index is 5.83. The molecule has 0 aliphatic rings. The molecular formula is C11H8N4OS. The van der Waals surface area contributed by atoms with E-state index in [0.29, 0.717) is 11.6 Å². The first-order valence-electron chi connectivity index (χ1n) is 4.90. The van der Waals surface area contributed by atoms with E-state index in [1.165, 1.54) is 6.33 Å². The summed E-state index contributed by atoms with van der Waals surface area (Å²) >= 11 is 1.58. The van der Waals surface area contributed by atoms with Gasteiger partial charge in [0.25, 0.3) is 0 Å². The van der Waals surface area contributed by atoms with E-state index in [-0.39, 0.29) is 0 Å². The van der Waals surface area contributed by atoms with Crippen molar-refractivity contribution in [2.45, 2.75) is 0 Å². The Morgan fingerprint density at radius 2 is 2.06 bits per heavy atom. The number of rotatable bonds is 2. The van der Waals surface area contributed by atoms with Crippen LogP contribution in [0.3, 0.4) is 0 Å². The second-order valence-electron chi connectivity index (χ2n) is 3.38. The highest BCUT2D eigenvalue weighted by Crippen LogP contribution is 2.38. The molecule has 0 aromatic carbocycles. The molecule has 3 aromatic heterocycles. The molecule has 0 unspecified atom stereocenters. The number of anilines is 1. The molecule has 0 aliphatic carbocycles. The molecule has 0 aliphatic heterocycles.